The molecule has 0 saturated heterocycles. The van der Waals surface area contributed by atoms with Crippen molar-refractivity contribution in [1.29, 1.82) is 5.26 Å². The van der Waals surface area contributed by atoms with Crippen LogP contribution in [0.15, 0.2) is 53.6 Å². The largest absolute Gasteiger partial charge is 0.387 e. The van der Waals surface area contributed by atoms with Crippen LogP contribution in [0.3, 0.4) is 0 Å². The lowest BCUT2D eigenvalue weighted by molar-refractivity contribution is 0.182. The summed E-state index contributed by atoms with van der Waals surface area (Å²) in [5.41, 5.74) is 0.422. The molecule has 0 bridgehead atoms. The van der Waals surface area contributed by atoms with E-state index in [-0.39, 0.29) is 17.1 Å². The average molecular weight is 303 g/mol. The van der Waals surface area contributed by atoms with Crippen LogP contribution in [0.1, 0.15) is 17.4 Å². The summed E-state index contributed by atoms with van der Waals surface area (Å²) < 4.78 is 26.5. The number of nitrogens with zero attached hydrogens (tertiary/aromatic N) is 2. The number of benzene rings is 1. The Morgan fingerprint density at radius 3 is 2.62 bits per heavy atom. The zero-order chi connectivity index (χ0) is 15.3. The molecule has 0 spiro atoms. The van der Waals surface area contributed by atoms with Gasteiger partial charge < -0.3 is 5.11 Å². The maximum Gasteiger partial charge on any atom is 0.243 e. The lowest BCUT2D eigenvalue weighted by Crippen LogP contribution is -2.29. The van der Waals surface area contributed by atoms with Gasteiger partial charge in [-0.3, -0.25) is 0 Å². The predicted molar refractivity (Wildman–Crippen MR) is 75.5 cm³/mol. The summed E-state index contributed by atoms with van der Waals surface area (Å²) in [4.78, 5) is 3.50. The molecule has 0 fully saturated rings. The van der Waals surface area contributed by atoms with Gasteiger partial charge in [-0.2, -0.15) is 5.26 Å². The lowest BCUT2D eigenvalue weighted by atomic mass is 10.1. The summed E-state index contributed by atoms with van der Waals surface area (Å²) in [5.74, 6) is 0. The predicted octanol–water partition coefficient (Wildman–Crippen LogP) is 0.965. The number of hydrogen-bond acceptors (Lipinski definition) is 5. The Hall–Kier alpha value is -2.27. The van der Waals surface area contributed by atoms with Crippen LogP contribution < -0.4 is 4.72 Å². The molecule has 1 unspecified atom stereocenters. The molecule has 1 aromatic carbocycles. The highest BCUT2D eigenvalue weighted by atomic mass is 32.2. The number of aromatic nitrogens is 1. The Morgan fingerprint density at radius 2 is 1.95 bits per heavy atom. The number of pyridine rings is 1. The zero-order valence-electron chi connectivity index (χ0n) is 11.0. The van der Waals surface area contributed by atoms with Gasteiger partial charge in [-0.25, -0.2) is 18.1 Å². The molecular weight excluding hydrogens is 290 g/mol. The summed E-state index contributed by atoms with van der Waals surface area (Å²) in [5, 5.41) is 18.8. The minimum Gasteiger partial charge on any atom is -0.387 e. The molecule has 0 amide bonds. The summed E-state index contributed by atoms with van der Waals surface area (Å²) in [6, 6.07) is 13.2. The number of aliphatic hydroxyl groups is 1. The smallest absolute Gasteiger partial charge is 0.243 e. The van der Waals surface area contributed by atoms with Gasteiger partial charge in [-0.1, -0.05) is 30.3 Å². The first kappa shape index (κ1) is 15.1. The molecule has 1 atom stereocenters. The van der Waals surface area contributed by atoms with Gasteiger partial charge in [0.15, 0.2) is 5.69 Å². The van der Waals surface area contributed by atoms with Crippen molar-refractivity contribution >= 4 is 10.0 Å². The summed E-state index contributed by atoms with van der Waals surface area (Å²) in [7, 11) is -3.90. The fraction of sp³-hybridized carbons (Fsp3) is 0.143. The first-order chi connectivity index (χ1) is 10.0. The van der Waals surface area contributed by atoms with Crippen LogP contribution in [0.25, 0.3) is 0 Å². The highest BCUT2D eigenvalue weighted by molar-refractivity contribution is 7.89. The second kappa shape index (κ2) is 6.45. The molecule has 21 heavy (non-hydrogen) atoms. The summed E-state index contributed by atoms with van der Waals surface area (Å²) in [6.07, 6.45) is 0.374. The minimum absolute atomic E-state index is 0.181. The second-order valence-electron chi connectivity index (χ2n) is 4.24. The Kier molecular flexibility index (Phi) is 4.65. The Morgan fingerprint density at radius 1 is 1.24 bits per heavy atom. The van der Waals surface area contributed by atoms with Crippen LogP contribution in [0, 0.1) is 11.3 Å². The first-order valence-corrected chi connectivity index (χ1v) is 7.60. The molecule has 2 N–H and O–H groups in total. The van der Waals surface area contributed by atoms with E-state index in [1.165, 1.54) is 18.3 Å². The molecule has 7 heteroatoms. The molecule has 0 radical (unpaired) electrons. The minimum atomic E-state index is -3.90. The molecular formula is C14H13N3O3S. The van der Waals surface area contributed by atoms with Crippen molar-refractivity contribution < 1.29 is 13.5 Å². The van der Waals surface area contributed by atoms with E-state index in [4.69, 9.17) is 5.26 Å². The highest BCUT2D eigenvalue weighted by Gasteiger charge is 2.20. The van der Waals surface area contributed by atoms with E-state index in [2.05, 4.69) is 9.71 Å². The number of nitrogens with one attached hydrogen (secondary N) is 1. The van der Waals surface area contributed by atoms with E-state index in [0.717, 1.165) is 0 Å². The molecule has 108 valence electrons. The van der Waals surface area contributed by atoms with Crippen LogP contribution in [0.4, 0.5) is 0 Å². The van der Waals surface area contributed by atoms with Gasteiger partial charge in [0.2, 0.25) is 10.0 Å². The van der Waals surface area contributed by atoms with Crippen LogP contribution in [-0.4, -0.2) is 25.1 Å². The Balaban J connectivity index is 2.14. The van der Waals surface area contributed by atoms with Crippen LogP contribution in [0.5, 0.6) is 0 Å². The van der Waals surface area contributed by atoms with Gasteiger partial charge in [0, 0.05) is 12.7 Å². The van der Waals surface area contributed by atoms with Gasteiger partial charge in [-0.15, -0.1) is 0 Å². The van der Waals surface area contributed by atoms with E-state index >= 15 is 0 Å². The van der Waals surface area contributed by atoms with Gasteiger partial charge in [0.25, 0.3) is 0 Å². The third-order valence-corrected chi connectivity index (χ3v) is 4.27. The SMILES string of the molecule is N#Cc1ncccc1S(=O)(=O)NCC(O)c1ccccc1. The maximum atomic E-state index is 12.1. The third-order valence-electron chi connectivity index (χ3n) is 2.82. The van der Waals surface area contributed by atoms with Crippen LogP contribution in [-0.2, 0) is 10.0 Å². The molecule has 1 heterocycles. The van der Waals surface area contributed by atoms with Crippen molar-refractivity contribution in [2.75, 3.05) is 6.54 Å². The Bertz CT molecular complexity index is 755. The number of aliphatic hydroxyl groups excluding tert-OH is 1. The quantitative estimate of drug-likeness (QED) is 0.856. The van der Waals surface area contributed by atoms with Crippen molar-refractivity contribution in [3.63, 3.8) is 0 Å². The molecule has 0 aliphatic carbocycles. The number of sulfonamides is 1. The van der Waals surface area contributed by atoms with Crippen molar-refractivity contribution in [3.8, 4) is 6.07 Å². The van der Waals surface area contributed by atoms with Gasteiger partial charge in [0.1, 0.15) is 11.0 Å². The molecule has 1 aromatic heterocycles. The molecule has 2 aromatic rings. The van der Waals surface area contributed by atoms with Crippen molar-refractivity contribution in [2.24, 2.45) is 0 Å². The van der Waals surface area contributed by atoms with E-state index in [0.29, 0.717) is 5.56 Å². The average Bonchev–Trinajstić information content (AvgIpc) is 2.53. The van der Waals surface area contributed by atoms with Gasteiger partial charge in [-0.05, 0) is 17.7 Å². The summed E-state index contributed by atoms with van der Waals surface area (Å²) in [6.45, 7) is -0.188. The molecule has 0 saturated carbocycles. The van der Waals surface area contributed by atoms with Crippen molar-refractivity contribution in [3.05, 3.63) is 59.9 Å². The second-order valence-corrected chi connectivity index (χ2v) is 5.98. The number of hydrogen-bond donors (Lipinski definition) is 2. The topological polar surface area (TPSA) is 103 Å². The lowest BCUT2D eigenvalue weighted by Gasteiger charge is -2.12. The van der Waals surface area contributed by atoms with E-state index in [9.17, 15) is 13.5 Å². The third kappa shape index (κ3) is 3.64. The van der Waals surface area contributed by atoms with Crippen LogP contribution in [0.2, 0.25) is 0 Å². The van der Waals surface area contributed by atoms with E-state index < -0.39 is 16.1 Å². The summed E-state index contributed by atoms with van der Waals surface area (Å²) >= 11 is 0. The first-order valence-electron chi connectivity index (χ1n) is 6.12. The van der Waals surface area contributed by atoms with Crippen molar-refractivity contribution in [2.45, 2.75) is 11.0 Å². The van der Waals surface area contributed by atoms with E-state index in [1.54, 1.807) is 36.4 Å². The van der Waals surface area contributed by atoms with Crippen LogP contribution >= 0.6 is 0 Å². The molecule has 0 aliphatic rings. The zero-order valence-corrected chi connectivity index (χ0v) is 11.8. The molecule has 2 rings (SSSR count). The standard InChI is InChI=1S/C14H13N3O3S/c15-9-12-14(7-4-8-16-12)21(19,20)17-10-13(18)11-5-2-1-3-6-11/h1-8,13,17-18H,10H2. The van der Waals surface area contributed by atoms with Gasteiger partial charge >= 0.3 is 0 Å². The fourth-order valence-electron chi connectivity index (χ4n) is 1.75. The highest BCUT2D eigenvalue weighted by Crippen LogP contribution is 2.14. The fourth-order valence-corrected chi connectivity index (χ4v) is 2.89. The van der Waals surface area contributed by atoms with Crippen molar-refractivity contribution in [1.82, 2.24) is 9.71 Å². The Labute approximate surface area is 122 Å². The monoisotopic (exact) mass is 303 g/mol. The van der Waals surface area contributed by atoms with E-state index in [1.807, 2.05) is 0 Å². The molecule has 0 aliphatic heterocycles. The van der Waals surface area contributed by atoms with Gasteiger partial charge in [0.05, 0.1) is 6.10 Å². The normalized spacial score (nSPS) is 12.6. The number of nitriles is 1. The maximum absolute atomic E-state index is 12.1. The molecule has 6 nitrogen and oxygen atoms in total. The number of rotatable bonds is 5.